The van der Waals surface area contributed by atoms with E-state index >= 15 is 0 Å². The number of nitrogens with one attached hydrogen (secondary N) is 2. The standard InChI is InChI=1S/C14H30N4O2/c1-13(2)12-20-9-5-17-14(15-3)16-4-6-18-7-10-19-11-8-18/h13H,4-12H2,1-3H3,(H2,15,16,17). The third-order valence-corrected chi connectivity index (χ3v) is 3.04. The topological polar surface area (TPSA) is 58.1 Å². The van der Waals surface area contributed by atoms with E-state index in [9.17, 15) is 0 Å². The van der Waals surface area contributed by atoms with Gasteiger partial charge in [0.1, 0.15) is 0 Å². The Labute approximate surface area is 122 Å². The van der Waals surface area contributed by atoms with Crippen molar-refractivity contribution in [2.45, 2.75) is 13.8 Å². The van der Waals surface area contributed by atoms with Gasteiger partial charge in [-0.05, 0) is 5.92 Å². The molecule has 1 saturated heterocycles. The van der Waals surface area contributed by atoms with Crippen LogP contribution in [0.5, 0.6) is 0 Å². The first kappa shape index (κ1) is 17.2. The second kappa shape index (κ2) is 10.9. The predicted molar refractivity (Wildman–Crippen MR) is 82.3 cm³/mol. The molecule has 0 radical (unpaired) electrons. The summed E-state index contributed by atoms with van der Waals surface area (Å²) in [7, 11) is 1.79. The van der Waals surface area contributed by atoms with Gasteiger partial charge in [-0.25, -0.2) is 0 Å². The minimum absolute atomic E-state index is 0.584. The van der Waals surface area contributed by atoms with E-state index in [2.05, 4.69) is 34.4 Å². The van der Waals surface area contributed by atoms with Gasteiger partial charge in [-0.3, -0.25) is 9.89 Å². The van der Waals surface area contributed by atoms with Gasteiger partial charge in [0.2, 0.25) is 0 Å². The Morgan fingerprint density at radius 3 is 2.60 bits per heavy atom. The summed E-state index contributed by atoms with van der Waals surface area (Å²) < 4.78 is 10.9. The van der Waals surface area contributed by atoms with Crippen LogP contribution in [0.1, 0.15) is 13.8 Å². The molecule has 0 aromatic rings. The highest BCUT2D eigenvalue weighted by molar-refractivity contribution is 5.79. The van der Waals surface area contributed by atoms with Crippen molar-refractivity contribution in [1.29, 1.82) is 0 Å². The molecule has 20 heavy (non-hydrogen) atoms. The molecular weight excluding hydrogens is 256 g/mol. The van der Waals surface area contributed by atoms with E-state index < -0.39 is 0 Å². The summed E-state index contributed by atoms with van der Waals surface area (Å²) in [5.41, 5.74) is 0. The molecule has 1 fully saturated rings. The van der Waals surface area contributed by atoms with E-state index in [1.165, 1.54) is 0 Å². The second-order valence-electron chi connectivity index (χ2n) is 5.35. The number of guanidine groups is 1. The van der Waals surface area contributed by atoms with Gasteiger partial charge in [0.15, 0.2) is 5.96 Å². The molecule has 0 amide bonds. The molecular formula is C14H30N4O2. The predicted octanol–water partition coefficient (Wildman–Crippen LogP) is 0.156. The molecule has 118 valence electrons. The summed E-state index contributed by atoms with van der Waals surface area (Å²) in [6.07, 6.45) is 0. The molecule has 0 saturated carbocycles. The van der Waals surface area contributed by atoms with E-state index in [0.29, 0.717) is 12.5 Å². The zero-order chi connectivity index (χ0) is 14.6. The lowest BCUT2D eigenvalue weighted by Crippen LogP contribution is -2.45. The fourth-order valence-electron chi connectivity index (χ4n) is 1.94. The molecule has 0 aromatic carbocycles. The normalized spacial score (nSPS) is 17.5. The van der Waals surface area contributed by atoms with Crippen molar-refractivity contribution in [3.05, 3.63) is 0 Å². The molecule has 0 bridgehead atoms. The van der Waals surface area contributed by atoms with Crippen LogP contribution in [-0.2, 0) is 9.47 Å². The molecule has 1 heterocycles. The van der Waals surface area contributed by atoms with Crippen LogP contribution in [0.3, 0.4) is 0 Å². The van der Waals surface area contributed by atoms with Gasteiger partial charge in [-0.2, -0.15) is 0 Å². The number of nitrogens with zero attached hydrogens (tertiary/aromatic N) is 2. The quantitative estimate of drug-likeness (QED) is 0.378. The Kier molecular flexibility index (Phi) is 9.36. The zero-order valence-electron chi connectivity index (χ0n) is 13.2. The summed E-state index contributed by atoms with van der Waals surface area (Å²) in [5, 5.41) is 6.57. The van der Waals surface area contributed by atoms with Gasteiger partial charge in [0, 0.05) is 46.4 Å². The number of hydrogen-bond donors (Lipinski definition) is 2. The van der Waals surface area contributed by atoms with Gasteiger partial charge in [-0.15, -0.1) is 0 Å². The van der Waals surface area contributed by atoms with Crippen molar-refractivity contribution in [3.8, 4) is 0 Å². The highest BCUT2D eigenvalue weighted by atomic mass is 16.5. The molecule has 6 nitrogen and oxygen atoms in total. The molecule has 0 aliphatic carbocycles. The lowest BCUT2D eigenvalue weighted by molar-refractivity contribution is 0.0389. The van der Waals surface area contributed by atoms with Crippen LogP contribution < -0.4 is 10.6 Å². The molecule has 1 rings (SSSR count). The van der Waals surface area contributed by atoms with E-state index in [0.717, 1.165) is 58.5 Å². The van der Waals surface area contributed by atoms with Crippen LogP contribution in [0.2, 0.25) is 0 Å². The molecule has 6 heteroatoms. The summed E-state index contributed by atoms with van der Waals surface area (Å²) in [4.78, 5) is 6.60. The van der Waals surface area contributed by atoms with Crippen LogP contribution in [0.25, 0.3) is 0 Å². The third-order valence-electron chi connectivity index (χ3n) is 3.04. The molecule has 2 N–H and O–H groups in total. The Morgan fingerprint density at radius 1 is 1.25 bits per heavy atom. The molecule has 0 aromatic heterocycles. The number of rotatable bonds is 8. The Bertz CT molecular complexity index is 266. The smallest absolute Gasteiger partial charge is 0.191 e. The molecule has 1 aliphatic heterocycles. The number of hydrogen-bond acceptors (Lipinski definition) is 4. The summed E-state index contributed by atoms with van der Waals surface area (Å²) in [5.74, 6) is 1.42. The maximum absolute atomic E-state index is 5.52. The average molecular weight is 286 g/mol. The Hall–Kier alpha value is -0.850. The first-order chi connectivity index (χ1) is 9.72. The maximum atomic E-state index is 5.52. The van der Waals surface area contributed by atoms with Crippen molar-refractivity contribution in [3.63, 3.8) is 0 Å². The number of aliphatic imine (C=N–C) groups is 1. The second-order valence-corrected chi connectivity index (χ2v) is 5.35. The molecule has 0 atom stereocenters. The fraction of sp³-hybridized carbons (Fsp3) is 0.929. The molecule has 0 unspecified atom stereocenters. The maximum Gasteiger partial charge on any atom is 0.191 e. The fourth-order valence-corrected chi connectivity index (χ4v) is 1.94. The highest BCUT2D eigenvalue weighted by Gasteiger charge is 2.09. The zero-order valence-corrected chi connectivity index (χ0v) is 13.2. The largest absolute Gasteiger partial charge is 0.379 e. The van der Waals surface area contributed by atoms with Crippen LogP contribution >= 0.6 is 0 Å². The summed E-state index contributed by atoms with van der Waals surface area (Å²) in [6, 6.07) is 0. The van der Waals surface area contributed by atoms with E-state index in [1.54, 1.807) is 7.05 Å². The monoisotopic (exact) mass is 286 g/mol. The first-order valence-corrected chi connectivity index (χ1v) is 7.54. The highest BCUT2D eigenvalue weighted by Crippen LogP contribution is 1.94. The van der Waals surface area contributed by atoms with Crippen molar-refractivity contribution in [1.82, 2.24) is 15.5 Å². The minimum atomic E-state index is 0.584. The van der Waals surface area contributed by atoms with Crippen molar-refractivity contribution >= 4 is 5.96 Å². The lowest BCUT2D eigenvalue weighted by Gasteiger charge is -2.26. The van der Waals surface area contributed by atoms with Crippen molar-refractivity contribution in [2.75, 3.05) is 66.2 Å². The molecule has 0 spiro atoms. The minimum Gasteiger partial charge on any atom is -0.379 e. The van der Waals surface area contributed by atoms with Gasteiger partial charge in [0.05, 0.1) is 19.8 Å². The van der Waals surface area contributed by atoms with Crippen LogP contribution in [-0.4, -0.2) is 77.1 Å². The van der Waals surface area contributed by atoms with E-state index in [4.69, 9.17) is 9.47 Å². The van der Waals surface area contributed by atoms with Crippen LogP contribution in [0.15, 0.2) is 4.99 Å². The number of ether oxygens (including phenoxy) is 2. The summed E-state index contributed by atoms with van der Waals surface area (Å²) in [6.45, 7) is 12.3. The van der Waals surface area contributed by atoms with Gasteiger partial charge >= 0.3 is 0 Å². The first-order valence-electron chi connectivity index (χ1n) is 7.54. The Morgan fingerprint density at radius 2 is 1.95 bits per heavy atom. The number of morpholine rings is 1. The van der Waals surface area contributed by atoms with Crippen molar-refractivity contribution < 1.29 is 9.47 Å². The van der Waals surface area contributed by atoms with E-state index in [1.807, 2.05) is 0 Å². The molecule has 1 aliphatic rings. The Balaban J connectivity index is 2.01. The van der Waals surface area contributed by atoms with E-state index in [-0.39, 0.29) is 0 Å². The average Bonchev–Trinajstić information content (AvgIpc) is 2.46. The SMILES string of the molecule is CN=C(NCCOCC(C)C)NCCN1CCOCC1. The van der Waals surface area contributed by atoms with Crippen molar-refractivity contribution in [2.24, 2.45) is 10.9 Å². The third kappa shape index (κ3) is 8.35. The van der Waals surface area contributed by atoms with Gasteiger partial charge in [-0.1, -0.05) is 13.8 Å². The summed E-state index contributed by atoms with van der Waals surface area (Å²) >= 11 is 0. The van der Waals surface area contributed by atoms with Crippen LogP contribution in [0.4, 0.5) is 0 Å². The lowest BCUT2D eigenvalue weighted by atomic mass is 10.2. The van der Waals surface area contributed by atoms with Crippen LogP contribution in [0, 0.1) is 5.92 Å². The van der Waals surface area contributed by atoms with Gasteiger partial charge < -0.3 is 20.1 Å². The van der Waals surface area contributed by atoms with Gasteiger partial charge in [0.25, 0.3) is 0 Å².